The molecule has 1 aromatic heterocycles. The maximum Gasteiger partial charge on any atom is 0.339 e. The fourth-order valence-corrected chi connectivity index (χ4v) is 2.19. The van der Waals surface area contributed by atoms with E-state index in [0.29, 0.717) is 21.3 Å². The number of carbonyl (C=O) groups is 2. The van der Waals surface area contributed by atoms with Crippen LogP contribution in [0.1, 0.15) is 15.9 Å². The fraction of sp³-hybridized carbons (Fsp3) is 0.188. The highest BCUT2D eigenvalue weighted by Crippen LogP contribution is 2.23. The summed E-state index contributed by atoms with van der Waals surface area (Å²) in [7, 11) is 1.58. The van der Waals surface area contributed by atoms with Gasteiger partial charge >= 0.3 is 5.97 Å². The van der Waals surface area contributed by atoms with Gasteiger partial charge in [-0.3, -0.25) is 4.79 Å². The average Bonchev–Trinajstić information content (AvgIpc) is 2.56. The minimum Gasteiger partial charge on any atom is -0.619 e. The third-order valence-corrected chi connectivity index (χ3v) is 3.93. The number of carbonyl (C=O) groups excluding carboxylic acids is 2. The molecule has 0 spiro atoms. The molecule has 126 valence electrons. The summed E-state index contributed by atoms with van der Waals surface area (Å²) in [5.41, 5.74) is 0.997. The Labute approximate surface area is 148 Å². The van der Waals surface area contributed by atoms with Crippen LogP contribution in [0.5, 0.6) is 0 Å². The molecule has 0 aliphatic carbocycles. The summed E-state index contributed by atoms with van der Waals surface area (Å²) in [6, 6.07) is 7.71. The van der Waals surface area contributed by atoms with Crippen molar-refractivity contribution in [1.82, 2.24) is 4.90 Å². The molecule has 8 heteroatoms. The quantitative estimate of drug-likeness (QED) is 0.461. The molecule has 0 saturated carbocycles. The van der Waals surface area contributed by atoms with Gasteiger partial charge in [-0.2, -0.15) is 4.73 Å². The van der Waals surface area contributed by atoms with E-state index in [1.165, 1.54) is 29.4 Å². The van der Waals surface area contributed by atoms with Crippen LogP contribution in [0, 0.1) is 5.21 Å². The maximum atomic E-state index is 12.0. The van der Waals surface area contributed by atoms with Crippen LogP contribution >= 0.6 is 23.2 Å². The number of aromatic nitrogens is 1. The van der Waals surface area contributed by atoms with Gasteiger partial charge in [0.1, 0.15) is 0 Å². The van der Waals surface area contributed by atoms with Crippen molar-refractivity contribution in [2.24, 2.45) is 0 Å². The van der Waals surface area contributed by atoms with E-state index in [1.807, 2.05) is 0 Å². The fourth-order valence-electron chi connectivity index (χ4n) is 1.87. The van der Waals surface area contributed by atoms with E-state index in [0.717, 1.165) is 5.56 Å². The monoisotopic (exact) mass is 368 g/mol. The number of halogens is 2. The summed E-state index contributed by atoms with van der Waals surface area (Å²) in [6.07, 6.45) is 2.35. The van der Waals surface area contributed by atoms with Gasteiger partial charge in [0, 0.05) is 25.7 Å². The van der Waals surface area contributed by atoms with Crippen molar-refractivity contribution >= 4 is 35.1 Å². The highest BCUT2D eigenvalue weighted by Gasteiger charge is 2.14. The van der Waals surface area contributed by atoms with Crippen LogP contribution in [0.15, 0.2) is 42.7 Å². The van der Waals surface area contributed by atoms with Gasteiger partial charge in [-0.05, 0) is 17.7 Å². The second kappa shape index (κ2) is 7.99. The Morgan fingerprint density at radius 1 is 1.17 bits per heavy atom. The highest BCUT2D eigenvalue weighted by atomic mass is 35.5. The first-order chi connectivity index (χ1) is 11.4. The molecule has 0 saturated heterocycles. The summed E-state index contributed by atoms with van der Waals surface area (Å²) in [5.74, 6) is -1.05. The third-order valence-electron chi connectivity index (χ3n) is 3.19. The van der Waals surface area contributed by atoms with Gasteiger partial charge in [0.15, 0.2) is 19.0 Å². The lowest BCUT2D eigenvalue weighted by Gasteiger charge is -2.17. The molecule has 24 heavy (non-hydrogen) atoms. The Morgan fingerprint density at radius 3 is 2.46 bits per heavy atom. The van der Waals surface area contributed by atoms with Gasteiger partial charge in [0.2, 0.25) is 0 Å². The van der Waals surface area contributed by atoms with Crippen LogP contribution in [-0.4, -0.2) is 30.4 Å². The Kier molecular flexibility index (Phi) is 6.00. The molecule has 2 rings (SSSR count). The maximum absolute atomic E-state index is 12.0. The van der Waals surface area contributed by atoms with Crippen molar-refractivity contribution in [3.05, 3.63) is 69.1 Å². The number of amides is 1. The lowest BCUT2D eigenvalue weighted by atomic mass is 10.2. The third kappa shape index (κ3) is 4.84. The molecular formula is C16H14Cl2N2O4. The summed E-state index contributed by atoms with van der Waals surface area (Å²) in [5, 5.41) is 11.7. The van der Waals surface area contributed by atoms with Crippen LogP contribution in [-0.2, 0) is 16.1 Å². The number of hydrogen-bond donors (Lipinski definition) is 0. The smallest absolute Gasteiger partial charge is 0.339 e. The average molecular weight is 369 g/mol. The van der Waals surface area contributed by atoms with E-state index in [2.05, 4.69) is 0 Å². The van der Waals surface area contributed by atoms with Gasteiger partial charge < -0.3 is 14.8 Å². The molecule has 6 nitrogen and oxygen atoms in total. The number of ether oxygens (including phenoxy) is 1. The lowest BCUT2D eigenvalue weighted by molar-refractivity contribution is -0.605. The SMILES string of the molecule is CN(Cc1ccc(Cl)c(Cl)c1)C(=O)COC(=O)c1cc[n+]([O-])cc1. The first-order valence-electron chi connectivity index (χ1n) is 6.90. The molecule has 1 heterocycles. The van der Waals surface area contributed by atoms with E-state index in [1.54, 1.807) is 25.2 Å². The number of esters is 1. The summed E-state index contributed by atoms with van der Waals surface area (Å²) < 4.78 is 5.49. The van der Waals surface area contributed by atoms with Crippen molar-refractivity contribution in [3.8, 4) is 0 Å². The van der Waals surface area contributed by atoms with Gasteiger partial charge in [-0.1, -0.05) is 29.3 Å². The Balaban J connectivity index is 1.88. The van der Waals surface area contributed by atoms with Crippen LogP contribution in [0.2, 0.25) is 10.0 Å². The van der Waals surface area contributed by atoms with E-state index in [-0.39, 0.29) is 11.5 Å². The molecular weight excluding hydrogens is 355 g/mol. The van der Waals surface area contributed by atoms with E-state index < -0.39 is 12.6 Å². The van der Waals surface area contributed by atoms with Crippen LogP contribution in [0.3, 0.4) is 0 Å². The van der Waals surface area contributed by atoms with Crippen LogP contribution in [0.25, 0.3) is 0 Å². The van der Waals surface area contributed by atoms with Crippen molar-refractivity contribution in [1.29, 1.82) is 0 Å². The molecule has 0 atom stereocenters. The zero-order valence-corrected chi connectivity index (χ0v) is 14.3. The molecule has 0 radical (unpaired) electrons. The molecule has 0 N–H and O–H groups in total. The number of hydrogen-bond acceptors (Lipinski definition) is 4. The van der Waals surface area contributed by atoms with Crippen molar-refractivity contribution < 1.29 is 19.1 Å². The predicted octanol–water partition coefficient (Wildman–Crippen LogP) is 2.44. The first kappa shape index (κ1) is 18.0. The van der Waals surface area contributed by atoms with Gasteiger partial charge in [-0.25, -0.2) is 4.79 Å². The number of likely N-dealkylation sites (N-methyl/N-ethyl adjacent to an activating group) is 1. The Bertz CT molecular complexity index is 750. The zero-order valence-electron chi connectivity index (χ0n) is 12.7. The molecule has 1 amide bonds. The Morgan fingerprint density at radius 2 is 1.83 bits per heavy atom. The first-order valence-corrected chi connectivity index (χ1v) is 7.66. The van der Waals surface area contributed by atoms with Crippen LogP contribution in [0.4, 0.5) is 0 Å². The summed E-state index contributed by atoms with van der Waals surface area (Å²) in [4.78, 5) is 25.2. The molecule has 2 aromatic rings. The molecule has 0 aliphatic heterocycles. The second-order valence-corrected chi connectivity index (χ2v) is 5.84. The second-order valence-electron chi connectivity index (χ2n) is 5.02. The number of nitrogens with zero attached hydrogens (tertiary/aromatic N) is 2. The normalized spacial score (nSPS) is 10.3. The Hall–Kier alpha value is -2.31. The van der Waals surface area contributed by atoms with Gasteiger partial charge in [0.05, 0.1) is 15.6 Å². The number of benzene rings is 1. The van der Waals surface area contributed by atoms with E-state index in [4.69, 9.17) is 27.9 Å². The van der Waals surface area contributed by atoms with E-state index >= 15 is 0 Å². The lowest BCUT2D eigenvalue weighted by Crippen LogP contribution is -2.31. The van der Waals surface area contributed by atoms with Crippen molar-refractivity contribution in [2.75, 3.05) is 13.7 Å². The largest absolute Gasteiger partial charge is 0.619 e. The molecule has 1 aromatic carbocycles. The topological polar surface area (TPSA) is 73.5 Å². The predicted molar refractivity (Wildman–Crippen MR) is 88.6 cm³/mol. The standard InChI is InChI=1S/C16H14Cl2N2O4/c1-19(9-11-2-3-13(17)14(18)8-11)15(21)10-24-16(22)12-4-6-20(23)7-5-12/h2-8H,9-10H2,1H3. The summed E-state index contributed by atoms with van der Waals surface area (Å²) in [6.45, 7) is -0.0995. The molecule has 0 aliphatic rings. The number of rotatable bonds is 5. The minimum atomic E-state index is -0.674. The van der Waals surface area contributed by atoms with Crippen molar-refractivity contribution in [2.45, 2.75) is 6.54 Å². The van der Waals surface area contributed by atoms with E-state index in [9.17, 15) is 14.8 Å². The number of pyridine rings is 1. The van der Waals surface area contributed by atoms with Gasteiger partial charge in [-0.15, -0.1) is 0 Å². The molecule has 0 bridgehead atoms. The zero-order chi connectivity index (χ0) is 17.7. The molecule has 0 fully saturated rings. The van der Waals surface area contributed by atoms with Crippen LogP contribution < -0.4 is 4.73 Å². The summed E-state index contributed by atoms with van der Waals surface area (Å²) >= 11 is 11.8. The van der Waals surface area contributed by atoms with Crippen molar-refractivity contribution in [3.63, 3.8) is 0 Å². The minimum absolute atomic E-state index is 0.196. The van der Waals surface area contributed by atoms with Gasteiger partial charge in [0.25, 0.3) is 5.91 Å². The highest BCUT2D eigenvalue weighted by molar-refractivity contribution is 6.42. The molecule has 0 unspecified atom stereocenters.